The maximum Gasteiger partial charge on any atom is 0.296 e. The highest BCUT2D eigenvalue weighted by Crippen LogP contribution is 2.36. The van der Waals surface area contributed by atoms with Crippen LogP contribution in [0.3, 0.4) is 0 Å². The van der Waals surface area contributed by atoms with Crippen molar-refractivity contribution in [1.29, 1.82) is 0 Å². The molecule has 9 heteroatoms. The number of benzene rings is 1. The zero-order chi connectivity index (χ0) is 20.9. The van der Waals surface area contributed by atoms with E-state index >= 15 is 0 Å². The van der Waals surface area contributed by atoms with Gasteiger partial charge in [0.15, 0.2) is 5.01 Å². The van der Waals surface area contributed by atoms with Gasteiger partial charge in [-0.3, -0.25) is 9.78 Å². The number of halogens is 2. The van der Waals surface area contributed by atoms with Crippen LogP contribution in [0.25, 0.3) is 10.9 Å². The van der Waals surface area contributed by atoms with Crippen LogP contribution in [0.15, 0.2) is 48.9 Å². The number of hydrogen-bond acceptors (Lipinski definition) is 5. The van der Waals surface area contributed by atoms with E-state index in [1.165, 1.54) is 6.20 Å². The molecule has 1 aliphatic heterocycles. The van der Waals surface area contributed by atoms with E-state index in [1.54, 1.807) is 11.2 Å². The Hall–Kier alpha value is -3.20. The quantitative estimate of drug-likeness (QED) is 0.531. The Balaban J connectivity index is 1.58. The highest BCUT2D eigenvalue weighted by molar-refractivity contribution is 7.13. The number of aromatic amines is 1. The van der Waals surface area contributed by atoms with Gasteiger partial charge >= 0.3 is 0 Å². The molecule has 3 aromatic heterocycles. The molecule has 1 aliphatic rings. The number of rotatable bonds is 3. The van der Waals surface area contributed by atoms with Gasteiger partial charge in [0.05, 0.1) is 29.4 Å². The Kier molecular flexibility index (Phi) is 4.35. The SMILES string of the molecule is CC(F)(F)c1ncc(C(=O)N2CCc3[nH]cnc3[C@@H]2c2ccc3ccccc3n2)s1. The van der Waals surface area contributed by atoms with Crippen LogP contribution in [0, 0.1) is 0 Å². The lowest BCUT2D eigenvalue weighted by molar-refractivity contribution is 0.0172. The first-order valence-electron chi connectivity index (χ1n) is 9.45. The minimum absolute atomic E-state index is 0.177. The first-order chi connectivity index (χ1) is 14.4. The van der Waals surface area contributed by atoms with Gasteiger partial charge in [0, 0.05) is 31.0 Å². The molecule has 0 aliphatic carbocycles. The van der Waals surface area contributed by atoms with E-state index in [-0.39, 0.29) is 15.8 Å². The van der Waals surface area contributed by atoms with Gasteiger partial charge in [0.25, 0.3) is 11.8 Å². The molecule has 0 saturated heterocycles. The number of nitrogens with zero attached hydrogens (tertiary/aromatic N) is 4. The maximum atomic E-state index is 13.6. The van der Waals surface area contributed by atoms with Crippen molar-refractivity contribution in [2.45, 2.75) is 25.3 Å². The fourth-order valence-electron chi connectivity index (χ4n) is 3.75. The summed E-state index contributed by atoms with van der Waals surface area (Å²) in [4.78, 5) is 31.2. The molecule has 0 radical (unpaired) electrons. The summed E-state index contributed by atoms with van der Waals surface area (Å²) in [7, 11) is 0. The minimum atomic E-state index is -3.08. The van der Waals surface area contributed by atoms with Crippen molar-refractivity contribution >= 4 is 28.1 Å². The molecule has 1 N–H and O–H groups in total. The summed E-state index contributed by atoms with van der Waals surface area (Å²) in [6.45, 7) is 1.20. The number of para-hydroxylation sites is 1. The van der Waals surface area contributed by atoms with Gasteiger partial charge in [-0.2, -0.15) is 8.78 Å². The van der Waals surface area contributed by atoms with E-state index in [4.69, 9.17) is 4.98 Å². The van der Waals surface area contributed by atoms with Crippen LogP contribution in [-0.4, -0.2) is 37.3 Å². The molecule has 0 spiro atoms. The zero-order valence-electron chi connectivity index (χ0n) is 16.0. The summed E-state index contributed by atoms with van der Waals surface area (Å²) < 4.78 is 27.2. The molecule has 6 nitrogen and oxygen atoms in total. The van der Waals surface area contributed by atoms with Crippen molar-refractivity contribution < 1.29 is 13.6 Å². The van der Waals surface area contributed by atoms with E-state index < -0.39 is 12.0 Å². The van der Waals surface area contributed by atoms with Crippen molar-refractivity contribution in [3.8, 4) is 0 Å². The lowest BCUT2D eigenvalue weighted by atomic mass is 9.98. The third-order valence-electron chi connectivity index (χ3n) is 5.18. The fourth-order valence-corrected chi connectivity index (χ4v) is 4.55. The maximum absolute atomic E-state index is 13.6. The second-order valence-electron chi connectivity index (χ2n) is 7.26. The largest absolute Gasteiger partial charge is 0.348 e. The van der Waals surface area contributed by atoms with E-state index in [1.807, 2.05) is 36.4 Å². The van der Waals surface area contributed by atoms with E-state index in [0.717, 1.165) is 40.6 Å². The predicted molar refractivity (Wildman–Crippen MR) is 109 cm³/mol. The lowest BCUT2D eigenvalue weighted by Crippen LogP contribution is -2.40. The smallest absolute Gasteiger partial charge is 0.296 e. The highest BCUT2D eigenvalue weighted by atomic mass is 32.1. The fraction of sp³-hybridized carbons (Fsp3) is 0.238. The average molecular weight is 425 g/mol. The summed E-state index contributed by atoms with van der Waals surface area (Å²) in [5.74, 6) is -3.43. The second-order valence-corrected chi connectivity index (χ2v) is 8.29. The van der Waals surface area contributed by atoms with Gasteiger partial charge in [-0.1, -0.05) is 24.3 Å². The standard InChI is InChI=1S/C21H17F2N5OS/c1-21(22,23)20-24-10-16(30-20)19(29)28-9-8-14-17(26-11-25-14)18(28)15-7-6-12-4-2-3-5-13(12)27-15/h2-7,10-11,18H,8-9H2,1H3,(H,25,26)/t18-/m0/s1. The molecule has 1 aromatic carbocycles. The summed E-state index contributed by atoms with van der Waals surface area (Å²) in [5.41, 5.74) is 3.17. The molecule has 30 heavy (non-hydrogen) atoms. The zero-order valence-corrected chi connectivity index (χ0v) is 16.8. The molecular weight excluding hydrogens is 408 g/mol. The van der Waals surface area contributed by atoms with Gasteiger partial charge in [-0.15, -0.1) is 11.3 Å². The summed E-state index contributed by atoms with van der Waals surface area (Å²) in [5, 5.41) is 0.623. The van der Waals surface area contributed by atoms with Crippen LogP contribution in [0.5, 0.6) is 0 Å². The molecule has 0 unspecified atom stereocenters. The number of imidazole rings is 1. The van der Waals surface area contributed by atoms with Crippen LogP contribution in [0.4, 0.5) is 8.78 Å². The predicted octanol–water partition coefficient (Wildman–Crippen LogP) is 4.31. The highest BCUT2D eigenvalue weighted by Gasteiger charge is 2.37. The van der Waals surface area contributed by atoms with Crippen LogP contribution in [0.2, 0.25) is 0 Å². The van der Waals surface area contributed by atoms with Crippen LogP contribution in [0.1, 0.15) is 44.7 Å². The lowest BCUT2D eigenvalue weighted by Gasteiger charge is -2.34. The Morgan fingerprint density at radius 1 is 1.23 bits per heavy atom. The van der Waals surface area contributed by atoms with Gasteiger partial charge in [0.2, 0.25) is 0 Å². The number of pyridine rings is 1. The van der Waals surface area contributed by atoms with Crippen LogP contribution < -0.4 is 0 Å². The number of alkyl halides is 2. The minimum Gasteiger partial charge on any atom is -0.348 e. The number of amides is 1. The summed E-state index contributed by atoms with van der Waals surface area (Å²) in [6.07, 6.45) is 3.43. The number of fused-ring (bicyclic) bond motifs is 2. The molecule has 4 heterocycles. The molecule has 1 amide bonds. The topological polar surface area (TPSA) is 74.8 Å². The average Bonchev–Trinajstić information content (AvgIpc) is 3.41. The van der Waals surface area contributed by atoms with Crippen LogP contribution in [-0.2, 0) is 12.3 Å². The normalized spacial score (nSPS) is 16.6. The number of nitrogens with one attached hydrogen (secondary N) is 1. The molecule has 5 rings (SSSR count). The number of aromatic nitrogens is 4. The van der Waals surface area contributed by atoms with Gasteiger partial charge in [0.1, 0.15) is 10.9 Å². The van der Waals surface area contributed by atoms with Gasteiger partial charge in [-0.05, 0) is 12.1 Å². The van der Waals surface area contributed by atoms with E-state index in [0.29, 0.717) is 18.7 Å². The van der Waals surface area contributed by atoms with Crippen molar-refractivity contribution in [1.82, 2.24) is 24.8 Å². The molecular formula is C21H17F2N5OS. The summed E-state index contributed by atoms with van der Waals surface area (Å²) in [6, 6.07) is 11.1. The van der Waals surface area contributed by atoms with Gasteiger partial charge < -0.3 is 9.88 Å². The number of H-pyrrole nitrogens is 1. The number of carbonyl (C=O) groups is 1. The van der Waals surface area contributed by atoms with Gasteiger partial charge in [-0.25, -0.2) is 9.97 Å². The third-order valence-corrected chi connectivity index (χ3v) is 6.34. The Morgan fingerprint density at radius 2 is 2.07 bits per heavy atom. The monoisotopic (exact) mass is 425 g/mol. The molecule has 4 aromatic rings. The van der Waals surface area contributed by atoms with Crippen molar-refractivity contribution in [2.75, 3.05) is 6.54 Å². The number of carbonyl (C=O) groups excluding carboxylic acids is 1. The number of hydrogen-bond donors (Lipinski definition) is 1. The molecule has 152 valence electrons. The van der Waals surface area contributed by atoms with Crippen LogP contribution >= 0.6 is 11.3 Å². The number of thiazole rings is 1. The second kappa shape index (κ2) is 6.94. The molecule has 0 bridgehead atoms. The van der Waals surface area contributed by atoms with Crippen molar-refractivity contribution in [3.63, 3.8) is 0 Å². The molecule has 1 atom stereocenters. The first-order valence-corrected chi connectivity index (χ1v) is 10.3. The Labute approximate surface area is 174 Å². The molecule has 0 fully saturated rings. The Bertz CT molecular complexity index is 1250. The van der Waals surface area contributed by atoms with Crippen molar-refractivity contribution in [2.24, 2.45) is 0 Å². The summed E-state index contributed by atoms with van der Waals surface area (Å²) >= 11 is 0.724. The van der Waals surface area contributed by atoms with E-state index in [9.17, 15) is 13.6 Å². The van der Waals surface area contributed by atoms with Crippen molar-refractivity contribution in [3.05, 3.63) is 75.9 Å². The third kappa shape index (κ3) is 3.15. The van der Waals surface area contributed by atoms with E-state index in [2.05, 4.69) is 15.0 Å². The first kappa shape index (κ1) is 18.8. The molecule has 0 saturated carbocycles. The Morgan fingerprint density at radius 3 is 2.87 bits per heavy atom.